The molecule has 0 aliphatic rings. The van der Waals surface area contributed by atoms with Crippen LogP contribution >= 0.6 is 22.9 Å². The van der Waals surface area contributed by atoms with E-state index in [0.717, 1.165) is 11.3 Å². The summed E-state index contributed by atoms with van der Waals surface area (Å²) in [6.45, 7) is 7.17. The van der Waals surface area contributed by atoms with Crippen LogP contribution in [0, 0.1) is 6.57 Å². The molecular weight excluding hydrogens is 414 g/mol. The van der Waals surface area contributed by atoms with Gasteiger partial charge < -0.3 is 14.8 Å². The molecule has 0 saturated carbocycles. The molecule has 2 aromatic heterocycles. The summed E-state index contributed by atoms with van der Waals surface area (Å²) in [6.07, 6.45) is 0. The zero-order valence-electron chi connectivity index (χ0n) is 14.5. The fourth-order valence-corrected chi connectivity index (χ4v) is 3.88. The summed E-state index contributed by atoms with van der Waals surface area (Å²) in [6, 6.07) is 11.6. The maximum Gasteiger partial charge on any atom is 0.339 e. The Labute approximate surface area is 173 Å². The zero-order chi connectivity index (χ0) is 20.5. The molecule has 0 aliphatic heterocycles. The Morgan fingerprint density at radius 2 is 2.03 bits per heavy atom. The highest BCUT2D eigenvalue weighted by Gasteiger charge is 2.23. The van der Waals surface area contributed by atoms with Gasteiger partial charge in [-0.3, -0.25) is 4.79 Å². The van der Waals surface area contributed by atoms with Crippen molar-refractivity contribution in [3.05, 3.63) is 75.7 Å². The first-order valence-corrected chi connectivity index (χ1v) is 9.43. The van der Waals surface area contributed by atoms with Crippen molar-refractivity contribution in [2.24, 2.45) is 0 Å². The van der Waals surface area contributed by atoms with E-state index in [1.165, 1.54) is 12.1 Å². The number of benzene rings is 2. The number of hydrogen-bond donors (Lipinski definition) is 2. The summed E-state index contributed by atoms with van der Waals surface area (Å²) in [5, 5.41) is 14.3. The lowest BCUT2D eigenvalue weighted by atomic mass is 10.0. The number of carboxylic acid groups (broad SMARTS) is 1. The Hall–Kier alpha value is -3.67. The van der Waals surface area contributed by atoms with Crippen molar-refractivity contribution in [3.63, 3.8) is 0 Å². The molecule has 0 unspecified atom stereocenters. The van der Waals surface area contributed by atoms with E-state index in [2.05, 4.69) is 15.1 Å². The number of amides is 1. The average Bonchev–Trinajstić information content (AvgIpc) is 3.32. The number of carbonyl (C=O) groups is 2. The lowest BCUT2D eigenvalue weighted by Gasteiger charge is -2.05. The van der Waals surface area contributed by atoms with Gasteiger partial charge in [-0.25, -0.2) is 14.6 Å². The summed E-state index contributed by atoms with van der Waals surface area (Å²) in [7, 11) is 0. The summed E-state index contributed by atoms with van der Waals surface area (Å²) in [5.74, 6) is -2.04. The highest BCUT2D eigenvalue weighted by Crippen LogP contribution is 2.38. The Bertz CT molecular complexity index is 1290. The number of anilines is 1. The molecule has 9 heteroatoms. The predicted molar refractivity (Wildman–Crippen MR) is 110 cm³/mol. The normalized spacial score (nSPS) is 10.6. The van der Waals surface area contributed by atoms with Gasteiger partial charge in [0, 0.05) is 16.0 Å². The van der Waals surface area contributed by atoms with Crippen LogP contribution in [0.25, 0.3) is 27.1 Å². The molecule has 142 valence electrons. The van der Waals surface area contributed by atoms with Gasteiger partial charge in [-0.2, -0.15) is 0 Å². The lowest BCUT2D eigenvalue weighted by molar-refractivity contribution is 0.0699. The number of oxazole rings is 1. The van der Waals surface area contributed by atoms with Gasteiger partial charge in [-0.15, -0.1) is 11.3 Å². The van der Waals surface area contributed by atoms with E-state index in [4.69, 9.17) is 22.6 Å². The summed E-state index contributed by atoms with van der Waals surface area (Å²) >= 11 is 7.01. The van der Waals surface area contributed by atoms with E-state index in [0.29, 0.717) is 22.2 Å². The lowest BCUT2D eigenvalue weighted by Crippen LogP contribution is -2.13. The molecule has 0 bridgehead atoms. The third-order valence-electron chi connectivity index (χ3n) is 4.10. The molecule has 0 atom stereocenters. The maximum absolute atomic E-state index is 12.5. The fraction of sp³-hybridized carbons (Fsp3) is 0. The number of para-hydroxylation sites is 2. The van der Waals surface area contributed by atoms with Crippen LogP contribution in [0.5, 0.6) is 0 Å². The number of aromatic carboxylic acids is 1. The van der Waals surface area contributed by atoms with Gasteiger partial charge in [0.15, 0.2) is 5.58 Å². The van der Waals surface area contributed by atoms with Gasteiger partial charge in [0.25, 0.3) is 5.89 Å². The van der Waals surface area contributed by atoms with Gasteiger partial charge in [0.2, 0.25) is 5.69 Å². The molecule has 2 N–H and O–H groups in total. The number of nitrogens with zero attached hydrogens (tertiary/aromatic N) is 2. The number of fused-ring (bicyclic) bond motifs is 1. The summed E-state index contributed by atoms with van der Waals surface area (Å²) < 4.78 is 5.42. The number of aromatic nitrogens is 1. The Balaban J connectivity index is 1.71. The van der Waals surface area contributed by atoms with Crippen molar-refractivity contribution in [1.82, 2.24) is 4.98 Å². The molecule has 7 nitrogen and oxygen atoms in total. The Morgan fingerprint density at radius 3 is 2.76 bits per heavy atom. The first-order chi connectivity index (χ1) is 14.0. The molecule has 2 heterocycles. The van der Waals surface area contributed by atoms with Gasteiger partial charge in [0.1, 0.15) is 16.1 Å². The third kappa shape index (κ3) is 3.45. The summed E-state index contributed by atoms with van der Waals surface area (Å²) in [5.41, 5.74) is 1.99. The molecule has 29 heavy (non-hydrogen) atoms. The molecule has 4 aromatic rings. The second-order valence-corrected chi connectivity index (χ2v) is 7.16. The SMILES string of the molecule is [C-]#[N+]c1cc(-c2csc(NC(=O)c3nc4ccccc4o3)c2C(=O)O)ccc1Cl. The zero-order valence-corrected chi connectivity index (χ0v) is 16.0. The van der Waals surface area contributed by atoms with E-state index >= 15 is 0 Å². The Kier molecular flexibility index (Phi) is 4.76. The Morgan fingerprint density at radius 1 is 1.24 bits per heavy atom. The molecule has 0 saturated heterocycles. The monoisotopic (exact) mass is 423 g/mol. The molecular formula is C20H10ClN3O4S. The van der Waals surface area contributed by atoms with Crippen molar-refractivity contribution in [3.8, 4) is 11.1 Å². The molecule has 0 aliphatic carbocycles. The van der Waals surface area contributed by atoms with Crippen LogP contribution in [0.4, 0.5) is 10.7 Å². The van der Waals surface area contributed by atoms with Crippen LogP contribution in [0.2, 0.25) is 5.02 Å². The predicted octanol–water partition coefficient (Wildman–Crippen LogP) is 5.71. The van der Waals surface area contributed by atoms with Crippen LogP contribution in [0.3, 0.4) is 0 Å². The van der Waals surface area contributed by atoms with Crippen molar-refractivity contribution >= 4 is 56.6 Å². The minimum absolute atomic E-state index is 0.0854. The first-order valence-electron chi connectivity index (χ1n) is 8.17. The van der Waals surface area contributed by atoms with Gasteiger partial charge >= 0.3 is 11.9 Å². The quantitative estimate of drug-likeness (QED) is 0.410. The molecule has 0 fully saturated rings. The highest BCUT2D eigenvalue weighted by atomic mass is 35.5. The first kappa shape index (κ1) is 18.7. The van der Waals surface area contributed by atoms with Crippen molar-refractivity contribution < 1.29 is 19.1 Å². The maximum atomic E-state index is 12.5. The molecule has 0 radical (unpaired) electrons. The molecule has 0 spiro atoms. The number of carbonyl (C=O) groups excluding carboxylic acids is 1. The molecule has 1 amide bonds. The number of thiophene rings is 1. The molecule has 2 aromatic carbocycles. The highest BCUT2D eigenvalue weighted by molar-refractivity contribution is 7.15. The van der Waals surface area contributed by atoms with E-state index in [-0.39, 0.29) is 27.2 Å². The van der Waals surface area contributed by atoms with E-state index in [1.54, 1.807) is 35.7 Å². The van der Waals surface area contributed by atoms with Crippen LogP contribution in [0.1, 0.15) is 21.0 Å². The fourth-order valence-electron chi connectivity index (χ4n) is 2.77. The smallest absolute Gasteiger partial charge is 0.339 e. The topological polar surface area (TPSA) is 96.8 Å². The van der Waals surface area contributed by atoms with Gasteiger partial charge in [-0.1, -0.05) is 35.9 Å². The minimum Gasteiger partial charge on any atom is -0.478 e. The largest absolute Gasteiger partial charge is 0.478 e. The van der Waals surface area contributed by atoms with Crippen molar-refractivity contribution in [2.75, 3.05) is 5.32 Å². The van der Waals surface area contributed by atoms with Crippen LogP contribution in [-0.2, 0) is 0 Å². The van der Waals surface area contributed by atoms with Crippen LogP contribution < -0.4 is 5.32 Å². The van der Waals surface area contributed by atoms with Crippen molar-refractivity contribution in [2.45, 2.75) is 0 Å². The number of halogens is 1. The number of rotatable bonds is 4. The van der Waals surface area contributed by atoms with E-state index < -0.39 is 11.9 Å². The summed E-state index contributed by atoms with van der Waals surface area (Å²) in [4.78, 5) is 31.9. The van der Waals surface area contributed by atoms with Crippen LogP contribution in [0.15, 0.2) is 52.3 Å². The second-order valence-electron chi connectivity index (χ2n) is 5.88. The number of carboxylic acids is 1. The number of hydrogen-bond acceptors (Lipinski definition) is 5. The van der Waals surface area contributed by atoms with Crippen LogP contribution in [-0.4, -0.2) is 22.0 Å². The average molecular weight is 424 g/mol. The number of nitrogens with one attached hydrogen (secondary N) is 1. The second kappa shape index (κ2) is 7.39. The van der Waals surface area contributed by atoms with Crippen molar-refractivity contribution in [1.29, 1.82) is 0 Å². The van der Waals surface area contributed by atoms with Gasteiger partial charge in [0.05, 0.1) is 6.57 Å². The minimum atomic E-state index is -1.21. The van der Waals surface area contributed by atoms with E-state index in [9.17, 15) is 14.7 Å². The van der Waals surface area contributed by atoms with E-state index in [1.807, 2.05) is 0 Å². The third-order valence-corrected chi connectivity index (χ3v) is 5.31. The van der Waals surface area contributed by atoms with Gasteiger partial charge in [-0.05, 0) is 23.8 Å². The molecule has 4 rings (SSSR count). The standard InChI is InChI=1S/C20H10ClN3O4S/c1-22-14-8-10(6-7-12(14)21)11-9-29-19(16(11)20(26)27)24-17(25)18-23-13-4-2-3-5-15(13)28-18/h2-9H,(H,24,25)(H,26,27).